The maximum absolute atomic E-state index is 13.5. The third-order valence-corrected chi connectivity index (χ3v) is 4.79. The van der Waals surface area contributed by atoms with Gasteiger partial charge < -0.3 is 15.0 Å². The number of thiocarbonyl (C=S) groups is 1. The Hall–Kier alpha value is -1.62. The zero-order valence-corrected chi connectivity index (χ0v) is 13.3. The van der Waals surface area contributed by atoms with Crippen LogP contribution in [-0.4, -0.2) is 22.3 Å². The summed E-state index contributed by atoms with van der Waals surface area (Å²) in [5.41, 5.74) is 1.29. The van der Waals surface area contributed by atoms with Gasteiger partial charge in [-0.05, 0) is 44.3 Å². The van der Waals surface area contributed by atoms with Gasteiger partial charge in [-0.25, -0.2) is 4.39 Å². The second-order valence-corrected chi connectivity index (χ2v) is 6.48. The van der Waals surface area contributed by atoms with Crippen LogP contribution in [0.5, 0.6) is 5.75 Å². The van der Waals surface area contributed by atoms with E-state index in [0.717, 1.165) is 11.1 Å². The summed E-state index contributed by atoms with van der Waals surface area (Å²) >= 11 is 5.49. The molecule has 0 saturated carbocycles. The zero-order chi connectivity index (χ0) is 15.4. The van der Waals surface area contributed by atoms with E-state index in [1.807, 2.05) is 18.7 Å². The number of benzene rings is 1. The van der Waals surface area contributed by atoms with Crippen LogP contribution in [0.4, 0.5) is 4.39 Å². The topological polar surface area (TPSA) is 24.5 Å². The number of rotatable bonds is 2. The average molecular weight is 306 g/mol. The van der Waals surface area contributed by atoms with Crippen LogP contribution in [-0.2, 0) is 0 Å². The minimum Gasteiger partial charge on any atom is -0.467 e. The van der Waals surface area contributed by atoms with Crippen molar-refractivity contribution < 1.29 is 9.13 Å². The molecule has 0 aliphatic carbocycles. The molecular formula is C16H19FN2OS. The molecule has 2 bridgehead atoms. The maximum atomic E-state index is 13.5. The van der Waals surface area contributed by atoms with Gasteiger partial charge in [0, 0.05) is 18.0 Å². The molecule has 1 aromatic rings. The first-order chi connectivity index (χ1) is 9.83. The smallest absolute Gasteiger partial charge is 0.187 e. The predicted molar refractivity (Wildman–Crippen MR) is 84.6 cm³/mol. The van der Waals surface area contributed by atoms with E-state index < -0.39 is 5.72 Å². The quantitative estimate of drug-likeness (QED) is 0.669. The molecule has 5 heteroatoms. The number of halogens is 1. The number of nitrogens with zero attached hydrogens (tertiary/aromatic N) is 1. The van der Waals surface area contributed by atoms with Crippen LogP contribution in [0.1, 0.15) is 32.4 Å². The Morgan fingerprint density at radius 1 is 1.57 bits per heavy atom. The Labute approximate surface area is 129 Å². The minimum atomic E-state index is -0.559. The van der Waals surface area contributed by atoms with Crippen LogP contribution in [0.25, 0.3) is 0 Å². The molecule has 0 radical (unpaired) electrons. The summed E-state index contributed by atoms with van der Waals surface area (Å²) in [5, 5.41) is 3.95. The van der Waals surface area contributed by atoms with Crippen molar-refractivity contribution in [2.75, 3.05) is 6.54 Å². The third kappa shape index (κ3) is 2.11. The van der Waals surface area contributed by atoms with Crippen molar-refractivity contribution in [3.05, 3.63) is 41.7 Å². The van der Waals surface area contributed by atoms with E-state index in [4.69, 9.17) is 17.0 Å². The summed E-state index contributed by atoms with van der Waals surface area (Å²) in [6, 6.07) is 4.61. The van der Waals surface area contributed by atoms with Gasteiger partial charge in [0.15, 0.2) is 10.8 Å². The molecule has 112 valence electrons. The average Bonchev–Trinajstić information content (AvgIpc) is 2.40. The molecule has 1 saturated heterocycles. The second-order valence-electron chi connectivity index (χ2n) is 6.10. The molecule has 1 fully saturated rings. The molecule has 3 unspecified atom stereocenters. The van der Waals surface area contributed by atoms with Crippen LogP contribution in [0.2, 0.25) is 0 Å². The van der Waals surface area contributed by atoms with Gasteiger partial charge in [-0.1, -0.05) is 19.1 Å². The highest BCUT2D eigenvalue weighted by Gasteiger charge is 2.53. The molecule has 21 heavy (non-hydrogen) atoms. The van der Waals surface area contributed by atoms with Crippen LogP contribution >= 0.6 is 12.2 Å². The lowest BCUT2D eigenvalue weighted by Crippen LogP contribution is -2.69. The molecular weight excluding hydrogens is 287 g/mol. The van der Waals surface area contributed by atoms with Crippen molar-refractivity contribution in [2.24, 2.45) is 5.92 Å². The molecule has 0 aromatic heterocycles. The zero-order valence-electron chi connectivity index (χ0n) is 12.4. The molecule has 0 amide bonds. The molecule has 2 heterocycles. The van der Waals surface area contributed by atoms with Gasteiger partial charge in [-0.3, -0.25) is 0 Å². The van der Waals surface area contributed by atoms with E-state index in [1.165, 1.54) is 12.1 Å². The van der Waals surface area contributed by atoms with Gasteiger partial charge in [0.25, 0.3) is 0 Å². The van der Waals surface area contributed by atoms with Gasteiger partial charge in [-0.2, -0.15) is 0 Å². The first-order valence-corrected chi connectivity index (χ1v) is 7.44. The summed E-state index contributed by atoms with van der Waals surface area (Å²) in [6.45, 7) is 10.7. The molecule has 0 spiro atoms. The molecule has 3 rings (SSSR count). The highest BCUT2D eigenvalue weighted by Crippen LogP contribution is 2.48. The second kappa shape index (κ2) is 4.70. The largest absolute Gasteiger partial charge is 0.467 e. The summed E-state index contributed by atoms with van der Waals surface area (Å²) in [4.78, 5) is 2.03. The van der Waals surface area contributed by atoms with Gasteiger partial charge in [0.05, 0.1) is 6.04 Å². The van der Waals surface area contributed by atoms with E-state index in [2.05, 4.69) is 18.8 Å². The van der Waals surface area contributed by atoms with Crippen molar-refractivity contribution >= 4 is 17.3 Å². The summed E-state index contributed by atoms with van der Waals surface area (Å²) in [6.07, 6.45) is 0. The SMILES string of the molecule is C=C(C)CN1C(=S)NC2c3cc(F)ccc3OC1(C)C2C. The first kappa shape index (κ1) is 14.3. The normalized spacial score (nSPS) is 30.3. The molecule has 3 nitrogen and oxygen atoms in total. The lowest BCUT2D eigenvalue weighted by molar-refractivity contribution is -0.107. The number of hydrogen-bond donors (Lipinski definition) is 1. The van der Waals surface area contributed by atoms with Crippen molar-refractivity contribution in [2.45, 2.75) is 32.5 Å². The van der Waals surface area contributed by atoms with E-state index in [1.54, 1.807) is 6.07 Å². The Morgan fingerprint density at radius 2 is 2.29 bits per heavy atom. The summed E-state index contributed by atoms with van der Waals surface area (Å²) < 4.78 is 19.8. The lowest BCUT2D eigenvalue weighted by Gasteiger charge is -2.56. The van der Waals surface area contributed by atoms with E-state index in [0.29, 0.717) is 17.4 Å². The van der Waals surface area contributed by atoms with E-state index in [9.17, 15) is 4.39 Å². The minimum absolute atomic E-state index is 0.0386. The van der Waals surface area contributed by atoms with Crippen molar-refractivity contribution in [3.63, 3.8) is 0 Å². The Kier molecular flexibility index (Phi) is 3.20. The van der Waals surface area contributed by atoms with Crippen molar-refractivity contribution in [1.82, 2.24) is 10.2 Å². The van der Waals surface area contributed by atoms with Crippen LogP contribution < -0.4 is 10.1 Å². The fourth-order valence-electron chi connectivity index (χ4n) is 3.16. The third-order valence-electron chi connectivity index (χ3n) is 4.46. The Balaban J connectivity index is 2.09. The van der Waals surface area contributed by atoms with Gasteiger partial charge >= 0.3 is 0 Å². The number of fused-ring (bicyclic) bond motifs is 4. The van der Waals surface area contributed by atoms with E-state index >= 15 is 0 Å². The van der Waals surface area contributed by atoms with E-state index in [-0.39, 0.29) is 17.8 Å². The summed E-state index contributed by atoms with van der Waals surface area (Å²) in [7, 11) is 0. The Bertz CT molecular complexity index is 633. The molecule has 2 aliphatic rings. The van der Waals surface area contributed by atoms with Gasteiger partial charge in [-0.15, -0.1) is 0 Å². The highest BCUT2D eigenvalue weighted by molar-refractivity contribution is 7.80. The van der Waals surface area contributed by atoms with Gasteiger partial charge in [0.1, 0.15) is 11.6 Å². The number of ether oxygens (including phenoxy) is 1. The van der Waals surface area contributed by atoms with Crippen LogP contribution in [0, 0.1) is 11.7 Å². The molecule has 1 N–H and O–H groups in total. The van der Waals surface area contributed by atoms with Gasteiger partial charge in [0.2, 0.25) is 0 Å². The monoisotopic (exact) mass is 306 g/mol. The van der Waals surface area contributed by atoms with Crippen LogP contribution in [0.3, 0.4) is 0 Å². The fourth-order valence-corrected chi connectivity index (χ4v) is 3.54. The van der Waals surface area contributed by atoms with Crippen molar-refractivity contribution in [3.8, 4) is 5.75 Å². The number of hydrogen-bond acceptors (Lipinski definition) is 2. The number of nitrogens with one attached hydrogen (secondary N) is 1. The predicted octanol–water partition coefficient (Wildman–Crippen LogP) is 3.38. The van der Waals surface area contributed by atoms with Crippen LogP contribution in [0.15, 0.2) is 30.4 Å². The molecule has 3 atom stereocenters. The molecule has 1 aromatic carbocycles. The standard InChI is InChI=1S/C16H19FN2OS/c1-9(2)8-19-15(21)18-14-10(3)16(19,4)20-13-6-5-11(17)7-12(13)14/h5-7,10,14H,1,8H2,2-4H3,(H,18,21). The van der Waals surface area contributed by atoms with Crippen molar-refractivity contribution in [1.29, 1.82) is 0 Å². The fraction of sp³-hybridized carbons (Fsp3) is 0.438. The lowest BCUT2D eigenvalue weighted by atomic mass is 9.81. The highest BCUT2D eigenvalue weighted by atomic mass is 32.1. The first-order valence-electron chi connectivity index (χ1n) is 7.04. The maximum Gasteiger partial charge on any atom is 0.187 e. The summed E-state index contributed by atoms with van der Waals surface area (Å²) in [5.74, 6) is 0.576. The Morgan fingerprint density at radius 3 is 2.95 bits per heavy atom. The molecule has 2 aliphatic heterocycles.